The topological polar surface area (TPSA) is 99.4 Å². The van der Waals surface area contributed by atoms with Gasteiger partial charge < -0.3 is 29.9 Å². The molecular formula is C33H56O6. The van der Waals surface area contributed by atoms with Crippen molar-refractivity contribution in [2.75, 3.05) is 6.61 Å². The second-order valence-electron chi connectivity index (χ2n) is 15.0. The number of aliphatic hydroxyl groups excluding tert-OH is 4. The summed E-state index contributed by atoms with van der Waals surface area (Å²) >= 11 is 0. The van der Waals surface area contributed by atoms with Crippen LogP contribution in [-0.4, -0.2) is 63.8 Å². The predicted molar refractivity (Wildman–Crippen MR) is 152 cm³/mol. The number of fused-ring (bicyclic) bond motifs is 5. The molecule has 13 atom stereocenters. The average Bonchev–Trinajstić information content (AvgIpc) is 3.26. The Kier molecular flexibility index (Phi) is 8.95. The number of rotatable bonds is 8. The normalized spacial score (nSPS) is 48.7. The van der Waals surface area contributed by atoms with E-state index in [0.717, 1.165) is 54.8 Å². The Balaban J connectivity index is 1.24. The molecule has 0 bridgehead atoms. The summed E-state index contributed by atoms with van der Waals surface area (Å²) in [6.07, 6.45) is 9.98. The fourth-order valence-electron chi connectivity index (χ4n) is 10.1. The standard InChI is InChI=1S/C33H56O6/c1-19(2)7-6-8-20(3)24-11-12-25-23-10-9-21-17-22(13-15-32(21,4)26(23)14-16-33(24,25)5)38-31-30(37)29(36)28(35)27(18-34)39-31/h9,19-20,22-31,34-37H,6-8,10-18H2,1-5H3/t20?,22-,23?,24+,25?,26?,27+,28+,29-,30+,31?,32-,33+/m0/s1. The third kappa shape index (κ3) is 5.41. The van der Waals surface area contributed by atoms with Gasteiger partial charge in [-0.05, 0) is 97.7 Å². The maximum absolute atomic E-state index is 10.5. The Labute approximate surface area is 236 Å². The predicted octanol–water partition coefficient (Wildman–Crippen LogP) is 5.21. The van der Waals surface area contributed by atoms with Crippen molar-refractivity contribution in [2.24, 2.45) is 46.3 Å². The van der Waals surface area contributed by atoms with Crippen molar-refractivity contribution in [1.29, 1.82) is 0 Å². The fourth-order valence-corrected chi connectivity index (χ4v) is 10.1. The van der Waals surface area contributed by atoms with Gasteiger partial charge in [0.15, 0.2) is 6.29 Å². The van der Waals surface area contributed by atoms with Crippen LogP contribution in [0.4, 0.5) is 0 Å². The molecule has 3 saturated carbocycles. The largest absolute Gasteiger partial charge is 0.394 e. The van der Waals surface area contributed by atoms with Crippen LogP contribution in [0.25, 0.3) is 0 Å². The zero-order valence-corrected chi connectivity index (χ0v) is 25.1. The smallest absolute Gasteiger partial charge is 0.186 e. The van der Waals surface area contributed by atoms with Gasteiger partial charge in [-0.15, -0.1) is 0 Å². The molecule has 0 spiro atoms. The van der Waals surface area contributed by atoms with Crippen molar-refractivity contribution < 1.29 is 29.9 Å². The van der Waals surface area contributed by atoms with Crippen molar-refractivity contribution in [1.82, 2.24) is 0 Å². The summed E-state index contributed by atoms with van der Waals surface area (Å²) in [5.74, 6) is 4.87. The minimum atomic E-state index is -1.39. The van der Waals surface area contributed by atoms with Gasteiger partial charge in [0.05, 0.1) is 12.7 Å². The van der Waals surface area contributed by atoms with Crippen LogP contribution in [0.5, 0.6) is 0 Å². The molecule has 4 fully saturated rings. The Morgan fingerprint density at radius 2 is 1.72 bits per heavy atom. The van der Waals surface area contributed by atoms with Crippen LogP contribution in [0.15, 0.2) is 11.6 Å². The molecule has 5 unspecified atom stereocenters. The number of ether oxygens (including phenoxy) is 2. The third-order valence-corrected chi connectivity index (χ3v) is 12.4. The fraction of sp³-hybridized carbons (Fsp3) is 0.939. The lowest BCUT2D eigenvalue weighted by molar-refractivity contribution is -0.313. The number of aliphatic hydroxyl groups is 4. The summed E-state index contributed by atoms with van der Waals surface area (Å²) in [4.78, 5) is 0. The van der Waals surface area contributed by atoms with Gasteiger partial charge in [-0.1, -0.05) is 65.5 Å². The van der Waals surface area contributed by atoms with Gasteiger partial charge in [-0.25, -0.2) is 0 Å². The maximum Gasteiger partial charge on any atom is 0.186 e. The summed E-state index contributed by atoms with van der Waals surface area (Å²) in [7, 11) is 0. The first-order valence-corrected chi connectivity index (χ1v) is 16.1. The van der Waals surface area contributed by atoms with Crippen LogP contribution in [0.2, 0.25) is 0 Å². The maximum atomic E-state index is 10.5. The number of hydrogen-bond donors (Lipinski definition) is 4. The van der Waals surface area contributed by atoms with E-state index in [1.807, 2.05) is 0 Å². The summed E-state index contributed by atoms with van der Waals surface area (Å²) in [5.41, 5.74) is 2.20. The van der Waals surface area contributed by atoms with Crippen molar-refractivity contribution in [2.45, 2.75) is 142 Å². The first-order valence-electron chi connectivity index (χ1n) is 16.1. The summed E-state index contributed by atoms with van der Waals surface area (Å²) in [5, 5.41) is 40.3. The number of allylic oxidation sites excluding steroid dienone is 1. The van der Waals surface area contributed by atoms with E-state index in [1.54, 1.807) is 0 Å². The molecule has 0 amide bonds. The SMILES string of the molecule is CC(C)CCCC(C)[C@H]1CCC2C3CC=C4C[C@@H](OC5O[C@H](CO)[C@@H](O)[C@H](O)[C@H]5O)CC[C@]4(C)C3CC[C@@]21C. The molecule has 6 heteroatoms. The van der Waals surface area contributed by atoms with Gasteiger partial charge in [0.2, 0.25) is 0 Å². The van der Waals surface area contributed by atoms with Crippen molar-refractivity contribution >= 4 is 0 Å². The second kappa shape index (κ2) is 11.6. The first-order chi connectivity index (χ1) is 18.5. The molecule has 0 aromatic carbocycles. The van der Waals surface area contributed by atoms with Gasteiger partial charge >= 0.3 is 0 Å². The molecule has 1 heterocycles. The van der Waals surface area contributed by atoms with Crippen molar-refractivity contribution in [3.8, 4) is 0 Å². The zero-order valence-electron chi connectivity index (χ0n) is 25.1. The van der Waals surface area contributed by atoms with Crippen LogP contribution in [0, 0.1) is 46.3 Å². The molecule has 5 aliphatic rings. The Hall–Kier alpha value is -0.500. The van der Waals surface area contributed by atoms with Gasteiger partial charge in [0, 0.05) is 0 Å². The lowest BCUT2D eigenvalue weighted by Crippen LogP contribution is -2.60. The zero-order chi connectivity index (χ0) is 28.1. The van der Waals surface area contributed by atoms with Crippen LogP contribution in [0.3, 0.4) is 0 Å². The Morgan fingerprint density at radius 3 is 2.44 bits per heavy atom. The van der Waals surface area contributed by atoms with Gasteiger partial charge in [0.1, 0.15) is 24.4 Å². The highest BCUT2D eigenvalue weighted by Gasteiger charge is 2.59. The van der Waals surface area contributed by atoms with Crippen LogP contribution in [-0.2, 0) is 9.47 Å². The molecule has 0 aromatic rings. The van der Waals surface area contributed by atoms with Crippen molar-refractivity contribution in [3.05, 3.63) is 11.6 Å². The molecule has 4 N–H and O–H groups in total. The van der Waals surface area contributed by atoms with Gasteiger partial charge in [-0.3, -0.25) is 0 Å². The highest BCUT2D eigenvalue weighted by Crippen LogP contribution is 2.67. The third-order valence-electron chi connectivity index (χ3n) is 12.4. The lowest BCUT2D eigenvalue weighted by Gasteiger charge is -2.58. The molecule has 0 radical (unpaired) electrons. The van der Waals surface area contributed by atoms with E-state index >= 15 is 0 Å². The van der Waals surface area contributed by atoms with E-state index in [0.29, 0.717) is 5.41 Å². The number of hydrogen-bond acceptors (Lipinski definition) is 6. The first kappa shape index (κ1) is 30.0. The highest BCUT2D eigenvalue weighted by atomic mass is 16.7. The molecule has 6 nitrogen and oxygen atoms in total. The highest BCUT2D eigenvalue weighted by molar-refractivity contribution is 5.25. The average molecular weight is 549 g/mol. The molecule has 39 heavy (non-hydrogen) atoms. The Morgan fingerprint density at radius 1 is 0.949 bits per heavy atom. The molecule has 4 aliphatic carbocycles. The summed E-state index contributed by atoms with van der Waals surface area (Å²) in [6, 6.07) is 0. The van der Waals surface area contributed by atoms with E-state index < -0.39 is 37.3 Å². The van der Waals surface area contributed by atoms with Gasteiger partial charge in [-0.2, -0.15) is 0 Å². The quantitative estimate of drug-likeness (QED) is 0.311. The molecular weight excluding hydrogens is 492 g/mol. The van der Waals surface area contributed by atoms with E-state index in [4.69, 9.17) is 9.47 Å². The van der Waals surface area contributed by atoms with E-state index in [-0.39, 0.29) is 11.5 Å². The molecule has 0 aromatic heterocycles. The minimum absolute atomic E-state index is 0.0984. The Bertz CT molecular complexity index is 872. The van der Waals surface area contributed by atoms with Crippen LogP contribution >= 0.6 is 0 Å². The van der Waals surface area contributed by atoms with E-state index in [2.05, 4.69) is 40.7 Å². The summed E-state index contributed by atoms with van der Waals surface area (Å²) in [6.45, 7) is 12.0. The second-order valence-corrected chi connectivity index (χ2v) is 15.0. The van der Waals surface area contributed by atoms with E-state index in [1.165, 1.54) is 56.9 Å². The molecule has 1 saturated heterocycles. The van der Waals surface area contributed by atoms with Crippen LogP contribution in [0.1, 0.15) is 105 Å². The minimum Gasteiger partial charge on any atom is -0.394 e. The monoisotopic (exact) mass is 548 g/mol. The lowest BCUT2D eigenvalue weighted by atomic mass is 9.47. The molecule has 224 valence electrons. The van der Waals surface area contributed by atoms with E-state index in [9.17, 15) is 20.4 Å². The van der Waals surface area contributed by atoms with Crippen LogP contribution < -0.4 is 0 Å². The summed E-state index contributed by atoms with van der Waals surface area (Å²) < 4.78 is 11.9. The molecule has 5 rings (SSSR count). The molecule has 1 aliphatic heterocycles. The van der Waals surface area contributed by atoms with Gasteiger partial charge in [0.25, 0.3) is 0 Å². The van der Waals surface area contributed by atoms with Crippen molar-refractivity contribution in [3.63, 3.8) is 0 Å².